The number of nitro benzene ring substituents is 4. The number of carbonyl (C=O) groups excluding carboxylic acids is 2. The van der Waals surface area contributed by atoms with Gasteiger partial charge in [0.1, 0.15) is 6.10 Å². The summed E-state index contributed by atoms with van der Waals surface area (Å²) in [5.74, 6) is -2.44. The summed E-state index contributed by atoms with van der Waals surface area (Å²) in [5, 5.41) is 44.1. The van der Waals surface area contributed by atoms with Crippen LogP contribution in [0.1, 0.15) is 33.6 Å². The largest absolute Gasteiger partial charge is 0.462 e. The number of benzene rings is 2. The first-order valence-electron chi connectivity index (χ1n) is 10.4. The first kappa shape index (κ1) is 26.3. The van der Waals surface area contributed by atoms with Gasteiger partial charge in [0, 0.05) is 30.2 Å². The molecule has 1 aliphatic rings. The molecule has 2 aromatic carbocycles. The molecule has 37 heavy (non-hydrogen) atoms. The Labute approximate surface area is 205 Å². The smallest absolute Gasteiger partial charge is 0.339 e. The maximum Gasteiger partial charge on any atom is 0.339 e. The molecule has 0 bridgehead atoms. The first-order valence-corrected chi connectivity index (χ1v) is 10.4. The van der Waals surface area contributed by atoms with E-state index in [4.69, 9.17) is 9.47 Å². The fourth-order valence-corrected chi connectivity index (χ4v) is 3.48. The third-order valence-corrected chi connectivity index (χ3v) is 5.21. The summed E-state index contributed by atoms with van der Waals surface area (Å²) in [6.45, 7) is -0.212. The summed E-state index contributed by atoms with van der Waals surface area (Å²) in [7, 11) is 0. The molecule has 2 aromatic rings. The van der Waals surface area contributed by atoms with Crippen molar-refractivity contribution in [1.82, 2.24) is 0 Å². The van der Waals surface area contributed by atoms with Crippen LogP contribution in [0, 0.1) is 46.4 Å². The maximum atomic E-state index is 12.5. The van der Waals surface area contributed by atoms with Crippen molar-refractivity contribution >= 4 is 34.7 Å². The molecular formula is C21H16N4O12. The van der Waals surface area contributed by atoms with Crippen molar-refractivity contribution in [2.24, 2.45) is 5.92 Å². The molecule has 16 nitrogen and oxygen atoms in total. The third-order valence-electron chi connectivity index (χ3n) is 5.21. The van der Waals surface area contributed by atoms with Gasteiger partial charge < -0.3 is 9.47 Å². The summed E-state index contributed by atoms with van der Waals surface area (Å²) in [6, 6.07) is 4.80. The van der Waals surface area contributed by atoms with E-state index in [9.17, 15) is 50.0 Å². The SMILES string of the molecule is O=C(OC[C@@H]1CC=C[C@H](OC(=O)c2cc([N+](=O)[O-])cc([N+](=O)[O-])c2)C1)c1cc([N+](=O)[O-])cc([N+](=O)[O-])c1. The Morgan fingerprint density at radius 2 is 1.16 bits per heavy atom. The third kappa shape index (κ3) is 6.65. The average molecular weight is 516 g/mol. The van der Waals surface area contributed by atoms with Gasteiger partial charge in [0.25, 0.3) is 22.7 Å². The van der Waals surface area contributed by atoms with Crippen LogP contribution in [0.5, 0.6) is 0 Å². The lowest BCUT2D eigenvalue weighted by molar-refractivity contribution is -0.394. The highest BCUT2D eigenvalue weighted by Crippen LogP contribution is 2.27. The molecule has 2 atom stereocenters. The van der Waals surface area contributed by atoms with Gasteiger partial charge in [0.15, 0.2) is 0 Å². The molecule has 0 heterocycles. The summed E-state index contributed by atoms with van der Waals surface area (Å²) >= 11 is 0. The number of ether oxygens (including phenoxy) is 2. The quantitative estimate of drug-likeness (QED) is 0.201. The Balaban J connectivity index is 1.65. The zero-order chi connectivity index (χ0) is 27.3. The monoisotopic (exact) mass is 516 g/mol. The van der Waals surface area contributed by atoms with Crippen LogP contribution in [0.3, 0.4) is 0 Å². The molecule has 0 aliphatic heterocycles. The molecule has 0 amide bonds. The van der Waals surface area contributed by atoms with E-state index < -0.39 is 66.0 Å². The second kappa shape index (κ2) is 11.0. The Morgan fingerprint density at radius 3 is 1.59 bits per heavy atom. The molecule has 192 valence electrons. The molecule has 0 radical (unpaired) electrons. The van der Waals surface area contributed by atoms with Gasteiger partial charge in [-0.1, -0.05) is 6.08 Å². The Kier molecular flexibility index (Phi) is 7.81. The van der Waals surface area contributed by atoms with Crippen molar-refractivity contribution in [3.63, 3.8) is 0 Å². The van der Waals surface area contributed by atoms with Crippen LogP contribution < -0.4 is 0 Å². The van der Waals surface area contributed by atoms with Gasteiger partial charge in [0.2, 0.25) is 0 Å². The zero-order valence-electron chi connectivity index (χ0n) is 18.6. The van der Waals surface area contributed by atoms with Gasteiger partial charge in [-0.25, -0.2) is 9.59 Å². The Morgan fingerprint density at radius 1 is 0.730 bits per heavy atom. The van der Waals surface area contributed by atoms with Gasteiger partial charge in [-0.2, -0.15) is 0 Å². The number of carbonyl (C=O) groups is 2. The lowest BCUT2D eigenvalue weighted by Crippen LogP contribution is -2.25. The minimum atomic E-state index is -1.04. The van der Waals surface area contributed by atoms with E-state index in [1.807, 2.05) is 0 Å². The zero-order valence-corrected chi connectivity index (χ0v) is 18.6. The predicted molar refractivity (Wildman–Crippen MR) is 121 cm³/mol. The number of hydrogen-bond acceptors (Lipinski definition) is 12. The van der Waals surface area contributed by atoms with Gasteiger partial charge >= 0.3 is 11.9 Å². The first-order chi connectivity index (χ1) is 17.4. The predicted octanol–water partition coefficient (Wildman–Crippen LogP) is 3.67. The van der Waals surface area contributed by atoms with Crippen molar-refractivity contribution in [2.75, 3.05) is 6.61 Å². The van der Waals surface area contributed by atoms with Gasteiger partial charge in [0.05, 0.1) is 49.6 Å². The molecule has 0 spiro atoms. The van der Waals surface area contributed by atoms with Crippen LogP contribution in [-0.4, -0.2) is 44.3 Å². The van der Waals surface area contributed by atoms with Gasteiger partial charge in [-0.15, -0.1) is 0 Å². The van der Waals surface area contributed by atoms with Crippen LogP contribution in [-0.2, 0) is 9.47 Å². The van der Waals surface area contributed by atoms with Crippen molar-refractivity contribution in [2.45, 2.75) is 18.9 Å². The second-order valence-corrected chi connectivity index (χ2v) is 7.81. The molecule has 0 saturated carbocycles. The van der Waals surface area contributed by atoms with Crippen LogP contribution >= 0.6 is 0 Å². The summed E-state index contributed by atoms with van der Waals surface area (Å²) in [5.41, 5.74) is -3.42. The van der Waals surface area contributed by atoms with Crippen LogP contribution in [0.25, 0.3) is 0 Å². The molecule has 3 rings (SSSR count). The number of hydrogen-bond donors (Lipinski definition) is 0. The van der Waals surface area contributed by atoms with Crippen molar-refractivity contribution in [1.29, 1.82) is 0 Å². The molecule has 1 aliphatic carbocycles. The van der Waals surface area contributed by atoms with E-state index in [1.54, 1.807) is 6.08 Å². The van der Waals surface area contributed by atoms with E-state index in [2.05, 4.69) is 0 Å². The van der Waals surface area contributed by atoms with E-state index in [1.165, 1.54) is 6.08 Å². The molecule has 0 unspecified atom stereocenters. The Bertz CT molecular complexity index is 1270. The number of allylic oxidation sites excluding steroid dienone is 1. The topological polar surface area (TPSA) is 225 Å². The van der Waals surface area contributed by atoms with Gasteiger partial charge in [-0.05, 0) is 18.9 Å². The lowest BCUT2D eigenvalue weighted by atomic mass is 9.93. The Hall–Kier alpha value is -5.28. The molecule has 0 fully saturated rings. The second-order valence-electron chi connectivity index (χ2n) is 7.81. The number of esters is 2. The summed E-state index contributed by atoms with van der Waals surface area (Å²) < 4.78 is 10.4. The van der Waals surface area contributed by atoms with E-state index >= 15 is 0 Å². The van der Waals surface area contributed by atoms with Gasteiger partial charge in [-0.3, -0.25) is 40.5 Å². The maximum absolute atomic E-state index is 12.5. The molecular weight excluding hydrogens is 500 g/mol. The van der Waals surface area contributed by atoms with E-state index in [0.29, 0.717) is 18.6 Å². The summed E-state index contributed by atoms with van der Waals surface area (Å²) in [4.78, 5) is 65.4. The number of nitro groups is 4. The normalized spacial score (nSPS) is 16.4. The number of non-ortho nitro benzene ring substituents is 4. The minimum absolute atomic E-state index is 0.154. The van der Waals surface area contributed by atoms with Crippen LogP contribution in [0.4, 0.5) is 22.7 Å². The van der Waals surface area contributed by atoms with Crippen LogP contribution in [0.2, 0.25) is 0 Å². The molecule has 0 aromatic heterocycles. The van der Waals surface area contributed by atoms with E-state index in [-0.39, 0.29) is 24.5 Å². The van der Waals surface area contributed by atoms with Crippen LogP contribution in [0.15, 0.2) is 48.6 Å². The van der Waals surface area contributed by atoms with Crippen molar-refractivity contribution in [3.8, 4) is 0 Å². The standard InChI is InChI=1S/C21H16N4O12/c26-20(13-5-15(22(28)29)9-16(6-13)23(30)31)36-11-12-2-1-3-19(4-12)37-21(27)14-7-17(24(32)33)10-18(8-14)25(34)35/h1,3,5-10,12,19H,2,4,11H2/t12-,19+/m1/s1. The highest BCUT2D eigenvalue weighted by Gasteiger charge is 2.27. The lowest BCUT2D eigenvalue weighted by Gasteiger charge is -2.24. The van der Waals surface area contributed by atoms with E-state index in [0.717, 1.165) is 24.3 Å². The molecule has 16 heteroatoms. The number of rotatable bonds is 9. The van der Waals surface area contributed by atoms with Crippen molar-refractivity contribution < 1.29 is 38.8 Å². The van der Waals surface area contributed by atoms with Crippen molar-refractivity contribution in [3.05, 3.63) is 100 Å². The minimum Gasteiger partial charge on any atom is -0.462 e. The number of nitrogens with zero attached hydrogens (tertiary/aromatic N) is 4. The molecule has 0 N–H and O–H groups in total. The fourth-order valence-electron chi connectivity index (χ4n) is 3.48. The average Bonchev–Trinajstić information content (AvgIpc) is 2.86. The molecule has 0 saturated heterocycles. The highest BCUT2D eigenvalue weighted by atomic mass is 16.6. The fraction of sp³-hybridized carbons (Fsp3) is 0.238. The summed E-state index contributed by atoms with van der Waals surface area (Å²) in [6.07, 6.45) is 2.88. The highest BCUT2D eigenvalue weighted by molar-refractivity contribution is 5.91.